The van der Waals surface area contributed by atoms with E-state index in [4.69, 9.17) is 23.2 Å². The second-order valence-electron chi connectivity index (χ2n) is 9.78. The van der Waals surface area contributed by atoms with Gasteiger partial charge in [0.05, 0.1) is 35.7 Å². The summed E-state index contributed by atoms with van der Waals surface area (Å²) < 4.78 is 37.8. The normalized spacial score (nSPS) is 14.5. The highest BCUT2D eigenvalue weighted by molar-refractivity contribution is 9.10. The first-order valence-corrected chi connectivity index (χ1v) is 14.6. The van der Waals surface area contributed by atoms with Crippen molar-refractivity contribution in [2.75, 3.05) is 34.8 Å². The minimum atomic E-state index is -4.32. The zero-order chi connectivity index (χ0) is 30.7. The van der Waals surface area contributed by atoms with E-state index in [9.17, 15) is 22.8 Å². The number of nitrogens with one attached hydrogen (secondary N) is 1. The summed E-state index contributed by atoms with van der Waals surface area (Å²) in [4.78, 5) is 36.4. The number of amides is 2. The molecular formula is C30H23BrCl2F3N5O2. The van der Waals surface area contributed by atoms with Gasteiger partial charge in [-0.15, -0.1) is 0 Å². The SMILES string of the molecule is O=C1c2ccc(Cl)cc2CCN1c1cncc(Br)c1.O=C1c2ccc(Cl)cc2CCN1c1cncc(NCC(F)(F)F)c1. The number of pyridine rings is 2. The lowest BCUT2D eigenvalue weighted by Crippen LogP contribution is -2.37. The van der Waals surface area contributed by atoms with Crippen LogP contribution in [-0.2, 0) is 12.8 Å². The molecule has 2 amide bonds. The minimum absolute atomic E-state index is 0.00202. The molecule has 43 heavy (non-hydrogen) atoms. The average Bonchev–Trinajstić information content (AvgIpc) is 2.96. The van der Waals surface area contributed by atoms with Crippen LogP contribution in [0.5, 0.6) is 0 Å². The maximum absolute atomic E-state index is 12.6. The summed E-state index contributed by atoms with van der Waals surface area (Å²) in [5.74, 6) is -0.222. The number of carbonyl (C=O) groups excluding carboxylic acids is 2. The van der Waals surface area contributed by atoms with Crippen molar-refractivity contribution >= 4 is 68.0 Å². The van der Waals surface area contributed by atoms with Crippen LogP contribution in [0.3, 0.4) is 0 Å². The Hall–Kier alpha value is -3.67. The lowest BCUT2D eigenvalue weighted by molar-refractivity contribution is -0.115. The minimum Gasteiger partial charge on any atom is -0.375 e. The summed E-state index contributed by atoms with van der Waals surface area (Å²) in [6.45, 7) is -0.103. The number of nitrogens with zero attached hydrogens (tertiary/aromatic N) is 4. The zero-order valence-electron chi connectivity index (χ0n) is 22.3. The van der Waals surface area contributed by atoms with Crippen molar-refractivity contribution in [1.29, 1.82) is 0 Å². The van der Waals surface area contributed by atoms with Gasteiger partial charge in [-0.2, -0.15) is 13.2 Å². The van der Waals surface area contributed by atoms with Crippen molar-refractivity contribution in [2.45, 2.75) is 19.0 Å². The molecule has 2 aliphatic heterocycles. The molecule has 0 atom stereocenters. The van der Waals surface area contributed by atoms with Gasteiger partial charge in [-0.05, 0) is 88.4 Å². The molecule has 0 radical (unpaired) electrons. The van der Waals surface area contributed by atoms with Crippen LogP contribution in [0.15, 0.2) is 77.8 Å². The summed E-state index contributed by atoms with van der Waals surface area (Å²) in [6.07, 6.45) is 3.23. The molecule has 2 aliphatic rings. The Bertz CT molecular complexity index is 1690. The van der Waals surface area contributed by atoms with E-state index < -0.39 is 12.7 Å². The van der Waals surface area contributed by atoms with Crippen LogP contribution in [-0.4, -0.2) is 47.6 Å². The lowest BCUT2D eigenvalue weighted by Gasteiger charge is -2.28. The van der Waals surface area contributed by atoms with Crippen LogP contribution in [0.1, 0.15) is 31.8 Å². The zero-order valence-corrected chi connectivity index (χ0v) is 25.4. The Balaban J connectivity index is 0.000000176. The highest BCUT2D eigenvalue weighted by atomic mass is 79.9. The molecule has 6 rings (SSSR count). The first kappa shape index (κ1) is 30.8. The van der Waals surface area contributed by atoms with Crippen LogP contribution >= 0.6 is 39.1 Å². The Morgan fingerprint density at radius 1 is 0.767 bits per heavy atom. The summed E-state index contributed by atoms with van der Waals surface area (Å²) in [6, 6.07) is 13.8. The predicted molar refractivity (Wildman–Crippen MR) is 164 cm³/mol. The van der Waals surface area contributed by atoms with Crippen molar-refractivity contribution in [3.05, 3.63) is 110 Å². The molecule has 7 nitrogen and oxygen atoms in total. The largest absolute Gasteiger partial charge is 0.405 e. The number of rotatable bonds is 4. The monoisotopic (exact) mass is 691 g/mol. The van der Waals surface area contributed by atoms with Gasteiger partial charge < -0.3 is 15.1 Å². The predicted octanol–water partition coefficient (Wildman–Crippen LogP) is 7.61. The van der Waals surface area contributed by atoms with Gasteiger partial charge >= 0.3 is 6.18 Å². The topological polar surface area (TPSA) is 78.4 Å². The molecule has 0 unspecified atom stereocenters. The molecule has 0 aliphatic carbocycles. The van der Waals surface area contributed by atoms with E-state index in [2.05, 4.69) is 31.2 Å². The highest BCUT2D eigenvalue weighted by Crippen LogP contribution is 2.29. The second kappa shape index (κ2) is 12.9. The first-order valence-electron chi connectivity index (χ1n) is 13.1. The number of alkyl halides is 3. The Morgan fingerprint density at radius 3 is 1.79 bits per heavy atom. The second-order valence-corrected chi connectivity index (χ2v) is 11.6. The van der Waals surface area contributed by atoms with Crippen molar-refractivity contribution in [3.8, 4) is 0 Å². The van der Waals surface area contributed by atoms with Gasteiger partial charge in [-0.3, -0.25) is 19.6 Å². The number of anilines is 3. The number of hydrogen-bond donors (Lipinski definition) is 1. The van der Waals surface area contributed by atoms with Gasteiger partial charge in [0.1, 0.15) is 6.54 Å². The van der Waals surface area contributed by atoms with Gasteiger partial charge in [-0.25, -0.2) is 0 Å². The number of fused-ring (bicyclic) bond motifs is 2. The lowest BCUT2D eigenvalue weighted by atomic mass is 9.99. The molecule has 0 saturated carbocycles. The van der Waals surface area contributed by atoms with Gasteiger partial charge in [-0.1, -0.05) is 23.2 Å². The summed E-state index contributed by atoms with van der Waals surface area (Å²) >= 11 is 15.3. The van der Waals surface area contributed by atoms with E-state index in [1.165, 1.54) is 23.4 Å². The molecule has 13 heteroatoms. The maximum Gasteiger partial charge on any atom is 0.405 e. The van der Waals surface area contributed by atoms with Gasteiger partial charge in [0.15, 0.2) is 0 Å². The highest BCUT2D eigenvalue weighted by Gasteiger charge is 2.29. The fraction of sp³-hybridized carbons (Fsp3) is 0.200. The Kier molecular flexibility index (Phi) is 9.24. The van der Waals surface area contributed by atoms with E-state index in [0.717, 1.165) is 33.3 Å². The van der Waals surface area contributed by atoms with Crippen LogP contribution in [0.2, 0.25) is 10.0 Å². The molecule has 1 N–H and O–H groups in total. The number of benzene rings is 2. The molecular weight excluding hydrogens is 670 g/mol. The summed E-state index contributed by atoms with van der Waals surface area (Å²) in [5, 5.41) is 3.50. The number of halogens is 6. The van der Waals surface area contributed by atoms with Crippen molar-refractivity contribution in [1.82, 2.24) is 9.97 Å². The van der Waals surface area contributed by atoms with Crippen molar-refractivity contribution in [2.24, 2.45) is 0 Å². The smallest absolute Gasteiger partial charge is 0.375 e. The van der Waals surface area contributed by atoms with Crippen LogP contribution in [0, 0.1) is 0 Å². The van der Waals surface area contributed by atoms with Crippen molar-refractivity contribution in [3.63, 3.8) is 0 Å². The summed E-state index contributed by atoms with van der Waals surface area (Å²) in [7, 11) is 0. The fourth-order valence-corrected chi connectivity index (χ4v) is 5.57. The number of hydrogen-bond acceptors (Lipinski definition) is 5. The van der Waals surface area contributed by atoms with Crippen LogP contribution < -0.4 is 15.1 Å². The van der Waals surface area contributed by atoms with E-state index in [-0.39, 0.29) is 17.5 Å². The third kappa shape index (κ3) is 7.46. The third-order valence-electron chi connectivity index (χ3n) is 6.83. The standard InChI is InChI=1S/C16H13ClF3N3O.C14H10BrClN2O/c17-11-1-2-14-10(5-11)3-4-23(15(14)24)13-6-12(7-21-8-13)22-9-16(18,19)20;15-10-6-12(8-17-7-10)18-4-3-9-5-11(16)1-2-13(9)14(18)19/h1-2,5-8,22H,3-4,9H2;1-2,5-8H,3-4H2. The molecule has 0 spiro atoms. The van der Waals surface area contributed by atoms with Gasteiger partial charge in [0.2, 0.25) is 0 Å². The Morgan fingerprint density at radius 2 is 1.28 bits per heavy atom. The molecule has 222 valence electrons. The van der Waals surface area contributed by atoms with E-state index in [1.54, 1.807) is 47.6 Å². The maximum atomic E-state index is 12.6. The van der Waals surface area contributed by atoms with Crippen molar-refractivity contribution < 1.29 is 22.8 Å². The molecule has 0 bridgehead atoms. The summed E-state index contributed by atoms with van der Waals surface area (Å²) in [5.41, 5.74) is 4.60. The van der Waals surface area contributed by atoms with Crippen LogP contribution in [0.4, 0.5) is 30.2 Å². The molecule has 0 fully saturated rings. The van der Waals surface area contributed by atoms with E-state index >= 15 is 0 Å². The fourth-order valence-electron chi connectivity index (χ4n) is 4.83. The molecule has 0 saturated heterocycles. The third-order valence-corrected chi connectivity index (χ3v) is 7.73. The van der Waals surface area contributed by atoms with Gasteiger partial charge in [0, 0.05) is 44.9 Å². The van der Waals surface area contributed by atoms with E-state index in [1.807, 2.05) is 12.1 Å². The number of carbonyl (C=O) groups is 2. The average molecular weight is 693 g/mol. The number of aromatic nitrogens is 2. The van der Waals surface area contributed by atoms with E-state index in [0.29, 0.717) is 40.8 Å². The molecule has 4 heterocycles. The molecule has 2 aromatic carbocycles. The molecule has 4 aromatic rings. The first-order chi connectivity index (χ1) is 20.5. The Labute approximate surface area is 263 Å². The molecule has 2 aromatic heterocycles. The quantitative estimate of drug-likeness (QED) is 0.238. The van der Waals surface area contributed by atoms with Gasteiger partial charge in [0.25, 0.3) is 11.8 Å². The van der Waals surface area contributed by atoms with Crippen LogP contribution in [0.25, 0.3) is 0 Å².